The molecule has 0 saturated heterocycles. The first kappa shape index (κ1) is 20.1. The van der Waals surface area contributed by atoms with Gasteiger partial charge in [0.2, 0.25) is 5.75 Å². The zero-order chi connectivity index (χ0) is 20.0. The zero-order valence-corrected chi connectivity index (χ0v) is 15.7. The second-order valence-electron chi connectivity index (χ2n) is 6.01. The molecule has 7 heteroatoms. The van der Waals surface area contributed by atoms with Crippen LogP contribution in [0.2, 0.25) is 0 Å². The second-order valence-corrected chi connectivity index (χ2v) is 6.01. The van der Waals surface area contributed by atoms with Crippen LogP contribution in [0.1, 0.15) is 22.8 Å². The molecule has 0 aliphatic carbocycles. The summed E-state index contributed by atoms with van der Waals surface area (Å²) in [5.41, 5.74) is 1.84. The Hall–Kier alpha value is -3.22. The van der Waals surface area contributed by atoms with Gasteiger partial charge in [0.1, 0.15) is 0 Å². The SMILES string of the molecule is COc1cc(C(=O)Nc2ccc(CC(C)C(=O)O)cc2)cc(OC)c1OC. The van der Waals surface area contributed by atoms with Crippen molar-refractivity contribution in [2.24, 2.45) is 5.92 Å². The number of nitrogens with one attached hydrogen (secondary N) is 1. The molecule has 2 N–H and O–H groups in total. The van der Waals surface area contributed by atoms with Gasteiger partial charge in [-0.1, -0.05) is 19.1 Å². The maximum absolute atomic E-state index is 12.6. The topological polar surface area (TPSA) is 94.1 Å². The fraction of sp³-hybridized carbons (Fsp3) is 0.300. The summed E-state index contributed by atoms with van der Waals surface area (Å²) < 4.78 is 15.8. The van der Waals surface area contributed by atoms with E-state index in [1.165, 1.54) is 21.3 Å². The van der Waals surface area contributed by atoms with Crippen LogP contribution in [0.25, 0.3) is 0 Å². The van der Waals surface area contributed by atoms with Crippen molar-refractivity contribution in [1.29, 1.82) is 0 Å². The number of carboxylic acid groups (broad SMARTS) is 1. The number of benzene rings is 2. The number of amides is 1. The summed E-state index contributed by atoms with van der Waals surface area (Å²) in [5, 5.41) is 11.8. The van der Waals surface area contributed by atoms with Crippen molar-refractivity contribution in [3.05, 3.63) is 47.5 Å². The van der Waals surface area contributed by atoms with Crippen molar-refractivity contribution in [2.45, 2.75) is 13.3 Å². The maximum Gasteiger partial charge on any atom is 0.306 e. The molecule has 27 heavy (non-hydrogen) atoms. The Labute approximate surface area is 157 Å². The highest BCUT2D eigenvalue weighted by Gasteiger charge is 2.17. The van der Waals surface area contributed by atoms with E-state index in [1.54, 1.807) is 43.3 Å². The number of carbonyl (C=O) groups excluding carboxylic acids is 1. The summed E-state index contributed by atoms with van der Waals surface area (Å²) in [5.74, 6) is -0.450. The molecule has 0 radical (unpaired) electrons. The molecule has 0 aliphatic rings. The van der Waals surface area contributed by atoms with Crippen molar-refractivity contribution >= 4 is 17.6 Å². The summed E-state index contributed by atoms with van der Waals surface area (Å²) in [6, 6.07) is 10.2. The fourth-order valence-corrected chi connectivity index (χ4v) is 2.58. The third-order valence-corrected chi connectivity index (χ3v) is 4.10. The van der Waals surface area contributed by atoms with Crippen molar-refractivity contribution in [3.8, 4) is 17.2 Å². The van der Waals surface area contributed by atoms with Crippen LogP contribution in [0, 0.1) is 5.92 Å². The van der Waals surface area contributed by atoms with Crippen molar-refractivity contribution in [3.63, 3.8) is 0 Å². The van der Waals surface area contributed by atoms with E-state index in [-0.39, 0.29) is 5.91 Å². The largest absolute Gasteiger partial charge is 0.493 e. The van der Waals surface area contributed by atoms with Gasteiger partial charge >= 0.3 is 5.97 Å². The van der Waals surface area contributed by atoms with Gasteiger partial charge in [-0.05, 0) is 36.2 Å². The van der Waals surface area contributed by atoms with E-state index < -0.39 is 11.9 Å². The minimum atomic E-state index is -0.838. The Balaban J connectivity index is 2.16. The van der Waals surface area contributed by atoms with Crippen LogP contribution in [0.3, 0.4) is 0 Å². The van der Waals surface area contributed by atoms with E-state index >= 15 is 0 Å². The number of methoxy groups -OCH3 is 3. The van der Waals surface area contributed by atoms with Crippen molar-refractivity contribution in [1.82, 2.24) is 0 Å². The van der Waals surface area contributed by atoms with E-state index in [1.807, 2.05) is 0 Å². The molecule has 0 heterocycles. The van der Waals surface area contributed by atoms with E-state index in [9.17, 15) is 9.59 Å². The lowest BCUT2D eigenvalue weighted by Crippen LogP contribution is -2.13. The second kappa shape index (κ2) is 8.93. The monoisotopic (exact) mass is 373 g/mol. The summed E-state index contributed by atoms with van der Waals surface area (Å²) in [7, 11) is 4.46. The maximum atomic E-state index is 12.6. The van der Waals surface area contributed by atoms with Crippen LogP contribution in [-0.2, 0) is 11.2 Å². The third-order valence-electron chi connectivity index (χ3n) is 4.10. The van der Waals surface area contributed by atoms with Gasteiger partial charge in [0.05, 0.1) is 27.2 Å². The Kier molecular flexibility index (Phi) is 6.65. The Morgan fingerprint density at radius 3 is 2.00 bits per heavy atom. The lowest BCUT2D eigenvalue weighted by Gasteiger charge is -2.14. The fourth-order valence-electron chi connectivity index (χ4n) is 2.58. The first-order valence-electron chi connectivity index (χ1n) is 8.32. The van der Waals surface area contributed by atoms with Gasteiger partial charge in [-0.3, -0.25) is 9.59 Å². The Morgan fingerprint density at radius 1 is 1.00 bits per heavy atom. The number of hydrogen-bond donors (Lipinski definition) is 2. The van der Waals surface area contributed by atoms with Crippen LogP contribution >= 0.6 is 0 Å². The number of hydrogen-bond acceptors (Lipinski definition) is 5. The molecule has 7 nitrogen and oxygen atoms in total. The number of carbonyl (C=O) groups is 2. The quantitative estimate of drug-likeness (QED) is 0.738. The summed E-state index contributed by atoms with van der Waals surface area (Å²) in [4.78, 5) is 23.5. The van der Waals surface area contributed by atoms with Crippen LogP contribution < -0.4 is 19.5 Å². The number of carboxylic acids is 1. The Bertz CT molecular complexity index is 791. The molecule has 2 aromatic carbocycles. The minimum absolute atomic E-state index is 0.332. The summed E-state index contributed by atoms with van der Waals surface area (Å²) in [6.45, 7) is 1.66. The van der Waals surface area contributed by atoms with Crippen LogP contribution in [0.5, 0.6) is 17.2 Å². The van der Waals surface area contributed by atoms with E-state index in [0.29, 0.717) is 34.9 Å². The molecular formula is C20H23NO6. The van der Waals surface area contributed by atoms with E-state index in [2.05, 4.69) is 5.32 Å². The van der Waals surface area contributed by atoms with Gasteiger partial charge in [-0.2, -0.15) is 0 Å². The van der Waals surface area contributed by atoms with Gasteiger partial charge in [-0.15, -0.1) is 0 Å². The van der Waals surface area contributed by atoms with E-state index in [4.69, 9.17) is 19.3 Å². The molecule has 0 fully saturated rings. The standard InChI is InChI=1S/C20H23NO6/c1-12(20(23)24)9-13-5-7-15(8-6-13)21-19(22)14-10-16(25-2)18(27-4)17(11-14)26-3/h5-8,10-12H,9H2,1-4H3,(H,21,22)(H,23,24). The van der Waals surface area contributed by atoms with Crippen LogP contribution in [-0.4, -0.2) is 38.3 Å². The first-order chi connectivity index (χ1) is 12.9. The van der Waals surface area contributed by atoms with Crippen molar-refractivity contribution in [2.75, 3.05) is 26.6 Å². The van der Waals surface area contributed by atoms with Gasteiger partial charge in [-0.25, -0.2) is 0 Å². The molecule has 1 atom stereocenters. The predicted molar refractivity (Wildman–Crippen MR) is 101 cm³/mol. The first-order valence-corrected chi connectivity index (χ1v) is 8.32. The molecule has 2 aromatic rings. The van der Waals surface area contributed by atoms with E-state index in [0.717, 1.165) is 5.56 Å². The van der Waals surface area contributed by atoms with Gasteiger partial charge < -0.3 is 24.6 Å². The lowest BCUT2D eigenvalue weighted by atomic mass is 10.0. The van der Waals surface area contributed by atoms with Crippen molar-refractivity contribution < 1.29 is 28.9 Å². The molecule has 0 aliphatic heterocycles. The highest BCUT2D eigenvalue weighted by molar-refractivity contribution is 6.05. The molecule has 0 saturated carbocycles. The molecule has 2 rings (SSSR count). The Morgan fingerprint density at radius 2 is 1.56 bits per heavy atom. The predicted octanol–water partition coefficient (Wildman–Crippen LogP) is 3.23. The van der Waals surface area contributed by atoms with Gasteiger partial charge in [0.25, 0.3) is 5.91 Å². The molecule has 0 aromatic heterocycles. The number of aliphatic carboxylic acids is 1. The van der Waals surface area contributed by atoms with Crippen LogP contribution in [0.4, 0.5) is 5.69 Å². The highest BCUT2D eigenvalue weighted by Crippen LogP contribution is 2.38. The molecule has 1 unspecified atom stereocenters. The molecular weight excluding hydrogens is 350 g/mol. The number of rotatable bonds is 8. The normalized spacial score (nSPS) is 11.4. The molecule has 0 spiro atoms. The van der Waals surface area contributed by atoms with Crippen LogP contribution in [0.15, 0.2) is 36.4 Å². The minimum Gasteiger partial charge on any atom is -0.493 e. The number of anilines is 1. The zero-order valence-electron chi connectivity index (χ0n) is 15.7. The average molecular weight is 373 g/mol. The summed E-state index contributed by atoms with van der Waals surface area (Å²) in [6.07, 6.45) is 0.427. The highest BCUT2D eigenvalue weighted by atomic mass is 16.5. The van der Waals surface area contributed by atoms with Gasteiger partial charge in [0, 0.05) is 11.3 Å². The molecule has 144 valence electrons. The third kappa shape index (κ3) is 4.91. The van der Waals surface area contributed by atoms with Gasteiger partial charge in [0.15, 0.2) is 11.5 Å². The smallest absolute Gasteiger partial charge is 0.306 e. The number of ether oxygens (including phenoxy) is 3. The lowest BCUT2D eigenvalue weighted by molar-refractivity contribution is -0.141. The average Bonchev–Trinajstić information content (AvgIpc) is 2.67. The summed E-state index contributed by atoms with van der Waals surface area (Å²) >= 11 is 0. The molecule has 1 amide bonds. The molecule has 0 bridgehead atoms.